The third kappa shape index (κ3) is 10.6. The van der Waals surface area contributed by atoms with Crippen molar-refractivity contribution in [2.45, 2.75) is 65.1 Å². The SMILES string of the molecule is CCCCC(=O)OC[C@H](COCc1ccccc1)OC(=O)CCCC. The molecule has 0 saturated heterocycles. The highest BCUT2D eigenvalue weighted by atomic mass is 16.6. The van der Waals surface area contributed by atoms with Crippen molar-refractivity contribution in [2.24, 2.45) is 0 Å². The summed E-state index contributed by atoms with van der Waals surface area (Å²) in [6.45, 7) is 4.70. The van der Waals surface area contributed by atoms with E-state index in [4.69, 9.17) is 14.2 Å². The summed E-state index contributed by atoms with van der Waals surface area (Å²) in [4.78, 5) is 23.5. The molecule has 0 radical (unpaired) electrons. The minimum atomic E-state index is -0.571. The van der Waals surface area contributed by atoms with Crippen LogP contribution in [-0.4, -0.2) is 31.3 Å². The van der Waals surface area contributed by atoms with Crippen LogP contribution < -0.4 is 0 Å². The lowest BCUT2D eigenvalue weighted by Gasteiger charge is -2.18. The molecule has 1 aromatic carbocycles. The fraction of sp³-hybridized carbons (Fsp3) is 0.600. The van der Waals surface area contributed by atoms with Crippen molar-refractivity contribution >= 4 is 11.9 Å². The molecule has 0 bridgehead atoms. The molecule has 1 aromatic rings. The van der Waals surface area contributed by atoms with Gasteiger partial charge in [-0.1, -0.05) is 57.0 Å². The molecular formula is C20H30O5. The number of carbonyl (C=O) groups excluding carboxylic acids is 2. The van der Waals surface area contributed by atoms with Gasteiger partial charge in [0.15, 0.2) is 6.10 Å². The summed E-state index contributed by atoms with van der Waals surface area (Å²) >= 11 is 0. The van der Waals surface area contributed by atoms with E-state index in [0.717, 1.165) is 31.2 Å². The molecule has 0 heterocycles. The fourth-order valence-corrected chi connectivity index (χ4v) is 2.14. The molecule has 0 N–H and O–H groups in total. The first kappa shape index (κ1) is 21.2. The normalized spacial score (nSPS) is 11.8. The van der Waals surface area contributed by atoms with Gasteiger partial charge < -0.3 is 14.2 Å². The van der Waals surface area contributed by atoms with E-state index in [1.54, 1.807) is 0 Å². The van der Waals surface area contributed by atoms with Gasteiger partial charge in [-0.05, 0) is 18.4 Å². The zero-order valence-electron chi connectivity index (χ0n) is 15.4. The van der Waals surface area contributed by atoms with Crippen molar-refractivity contribution in [1.29, 1.82) is 0 Å². The van der Waals surface area contributed by atoms with E-state index in [-0.39, 0.29) is 25.2 Å². The zero-order chi connectivity index (χ0) is 18.3. The minimum Gasteiger partial charge on any atom is -0.462 e. The van der Waals surface area contributed by atoms with Crippen molar-refractivity contribution in [1.82, 2.24) is 0 Å². The van der Waals surface area contributed by atoms with Gasteiger partial charge in [-0.2, -0.15) is 0 Å². The molecule has 25 heavy (non-hydrogen) atoms. The minimum absolute atomic E-state index is 0.0369. The van der Waals surface area contributed by atoms with E-state index >= 15 is 0 Å². The van der Waals surface area contributed by atoms with Crippen LogP contribution in [-0.2, 0) is 30.4 Å². The number of unbranched alkanes of at least 4 members (excludes halogenated alkanes) is 2. The van der Waals surface area contributed by atoms with E-state index in [9.17, 15) is 9.59 Å². The molecule has 0 unspecified atom stereocenters. The van der Waals surface area contributed by atoms with Crippen LogP contribution in [0.5, 0.6) is 0 Å². The zero-order valence-corrected chi connectivity index (χ0v) is 15.4. The summed E-state index contributed by atoms with van der Waals surface area (Å²) < 4.78 is 16.3. The van der Waals surface area contributed by atoms with Crippen LogP contribution in [0.4, 0.5) is 0 Å². The highest BCUT2D eigenvalue weighted by Crippen LogP contribution is 2.06. The third-order valence-electron chi connectivity index (χ3n) is 3.61. The summed E-state index contributed by atoms with van der Waals surface area (Å²) in [7, 11) is 0. The summed E-state index contributed by atoms with van der Waals surface area (Å²) in [6.07, 6.45) is 3.63. The fourth-order valence-electron chi connectivity index (χ4n) is 2.14. The van der Waals surface area contributed by atoms with Crippen LogP contribution in [0.15, 0.2) is 30.3 Å². The highest BCUT2D eigenvalue weighted by molar-refractivity contribution is 5.70. The predicted molar refractivity (Wildman–Crippen MR) is 96.0 cm³/mol. The second-order valence-electron chi connectivity index (χ2n) is 6.00. The van der Waals surface area contributed by atoms with E-state index in [1.807, 2.05) is 44.2 Å². The van der Waals surface area contributed by atoms with Gasteiger partial charge in [-0.15, -0.1) is 0 Å². The summed E-state index contributed by atoms with van der Waals surface area (Å²) in [5.41, 5.74) is 1.04. The van der Waals surface area contributed by atoms with Gasteiger partial charge in [0.1, 0.15) is 6.61 Å². The van der Waals surface area contributed by atoms with Crippen molar-refractivity contribution in [3.8, 4) is 0 Å². The first-order valence-corrected chi connectivity index (χ1v) is 9.12. The second-order valence-corrected chi connectivity index (χ2v) is 6.00. The Morgan fingerprint density at radius 2 is 1.56 bits per heavy atom. The van der Waals surface area contributed by atoms with Crippen molar-refractivity contribution in [3.63, 3.8) is 0 Å². The van der Waals surface area contributed by atoms with E-state index in [0.29, 0.717) is 19.4 Å². The molecule has 0 aliphatic heterocycles. The van der Waals surface area contributed by atoms with Gasteiger partial charge in [0.2, 0.25) is 0 Å². The highest BCUT2D eigenvalue weighted by Gasteiger charge is 2.17. The molecule has 0 saturated carbocycles. The Kier molecular flexibility index (Phi) is 11.4. The average molecular weight is 350 g/mol. The summed E-state index contributed by atoms with van der Waals surface area (Å²) in [6, 6.07) is 9.75. The maximum absolute atomic E-state index is 11.8. The largest absolute Gasteiger partial charge is 0.462 e. The number of carbonyl (C=O) groups is 2. The van der Waals surface area contributed by atoms with Crippen molar-refractivity contribution in [2.75, 3.05) is 13.2 Å². The molecule has 0 spiro atoms. The third-order valence-corrected chi connectivity index (χ3v) is 3.61. The lowest BCUT2D eigenvalue weighted by atomic mass is 10.2. The smallest absolute Gasteiger partial charge is 0.306 e. The Balaban J connectivity index is 2.42. The van der Waals surface area contributed by atoms with Crippen LogP contribution in [0, 0.1) is 0 Å². The predicted octanol–water partition coefficient (Wildman–Crippen LogP) is 4.04. The molecule has 0 fully saturated rings. The number of ether oxygens (including phenoxy) is 3. The number of hydrogen-bond donors (Lipinski definition) is 0. The number of hydrogen-bond acceptors (Lipinski definition) is 5. The monoisotopic (exact) mass is 350 g/mol. The molecule has 5 heteroatoms. The number of rotatable bonds is 13. The molecule has 1 rings (SSSR count). The summed E-state index contributed by atoms with van der Waals surface area (Å²) in [5, 5.41) is 0. The Morgan fingerprint density at radius 1 is 0.920 bits per heavy atom. The first-order chi connectivity index (χ1) is 12.2. The van der Waals surface area contributed by atoms with Crippen LogP contribution in [0.2, 0.25) is 0 Å². The number of benzene rings is 1. The van der Waals surface area contributed by atoms with E-state index in [1.165, 1.54) is 0 Å². The molecule has 5 nitrogen and oxygen atoms in total. The molecule has 0 amide bonds. The lowest BCUT2D eigenvalue weighted by molar-refractivity contribution is -0.163. The maximum Gasteiger partial charge on any atom is 0.306 e. The Hall–Kier alpha value is -1.88. The Labute approximate surface area is 150 Å². The Bertz CT molecular complexity index is 486. The van der Waals surface area contributed by atoms with Gasteiger partial charge in [-0.3, -0.25) is 9.59 Å². The standard InChI is InChI=1S/C20H30O5/c1-3-5-12-19(21)24-16-18(25-20(22)13-6-4-2)15-23-14-17-10-8-7-9-11-17/h7-11,18H,3-6,12-16H2,1-2H3/t18-/m0/s1. The molecular weight excluding hydrogens is 320 g/mol. The molecule has 0 aliphatic carbocycles. The van der Waals surface area contributed by atoms with Crippen molar-refractivity contribution < 1.29 is 23.8 Å². The molecule has 1 atom stereocenters. The van der Waals surface area contributed by atoms with Gasteiger partial charge in [0.05, 0.1) is 13.2 Å². The topological polar surface area (TPSA) is 61.8 Å². The van der Waals surface area contributed by atoms with E-state index in [2.05, 4.69) is 0 Å². The molecule has 0 aromatic heterocycles. The van der Waals surface area contributed by atoms with Crippen LogP contribution in [0.3, 0.4) is 0 Å². The quantitative estimate of drug-likeness (QED) is 0.503. The maximum atomic E-state index is 11.8. The van der Waals surface area contributed by atoms with Gasteiger partial charge in [0.25, 0.3) is 0 Å². The van der Waals surface area contributed by atoms with Crippen molar-refractivity contribution in [3.05, 3.63) is 35.9 Å². The lowest BCUT2D eigenvalue weighted by Crippen LogP contribution is -2.29. The average Bonchev–Trinajstić information content (AvgIpc) is 2.63. The summed E-state index contributed by atoms with van der Waals surface area (Å²) in [5.74, 6) is -0.542. The second kappa shape index (κ2) is 13.4. The van der Waals surface area contributed by atoms with Crippen LogP contribution in [0.1, 0.15) is 57.9 Å². The molecule has 140 valence electrons. The van der Waals surface area contributed by atoms with Gasteiger partial charge in [0, 0.05) is 12.8 Å². The van der Waals surface area contributed by atoms with Gasteiger partial charge in [-0.25, -0.2) is 0 Å². The van der Waals surface area contributed by atoms with E-state index < -0.39 is 6.10 Å². The van der Waals surface area contributed by atoms with Gasteiger partial charge >= 0.3 is 11.9 Å². The Morgan fingerprint density at radius 3 is 2.20 bits per heavy atom. The molecule has 0 aliphatic rings. The number of esters is 2. The first-order valence-electron chi connectivity index (χ1n) is 9.12. The van der Waals surface area contributed by atoms with Crippen LogP contribution >= 0.6 is 0 Å². The van der Waals surface area contributed by atoms with Crippen LogP contribution in [0.25, 0.3) is 0 Å².